The van der Waals surface area contributed by atoms with E-state index in [2.05, 4.69) is 54.9 Å². The standard InChI is InChI=1S/C19H22N2/c1-5-17-6-8-18(9-7-17)14-21(4)16(3)13-19-12-15(2)10-11-20-19/h1,6-12,16H,13-14H2,2-4H3/t16-/m0/s1. The van der Waals surface area contributed by atoms with Crippen molar-refractivity contribution in [2.24, 2.45) is 0 Å². The van der Waals surface area contributed by atoms with Gasteiger partial charge in [0.2, 0.25) is 0 Å². The van der Waals surface area contributed by atoms with Gasteiger partial charge < -0.3 is 0 Å². The zero-order chi connectivity index (χ0) is 15.2. The van der Waals surface area contributed by atoms with E-state index in [4.69, 9.17) is 6.42 Å². The van der Waals surface area contributed by atoms with Crippen LogP contribution in [0.3, 0.4) is 0 Å². The molecule has 21 heavy (non-hydrogen) atoms. The quantitative estimate of drug-likeness (QED) is 0.779. The van der Waals surface area contributed by atoms with Gasteiger partial charge in [0.15, 0.2) is 0 Å². The summed E-state index contributed by atoms with van der Waals surface area (Å²) in [6.45, 7) is 5.25. The monoisotopic (exact) mass is 278 g/mol. The van der Waals surface area contributed by atoms with E-state index in [1.807, 2.05) is 24.4 Å². The summed E-state index contributed by atoms with van der Waals surface area (Å²) in [4.78, 5) is 6.78. The molecule has 108 valence electrons. The predicted octanol–water partition coefficient (Wildman–Crippen LogP) is 3.43. The third-order valence-electron chi connectivity index (χ3n) is 3.78. The summed E-state index contributed by atoms with van der Waals surface area (Å²) < 4.78 is 0. The van der Waals surface area contributed by atoms with Crippen LogP contribution in [0.25, 0.3) is 0 Å². The molecule has 1 atom stereocenters. The van der Waals surface area contributed by atoms with Gasteiger partial charge in [-0.25, -0.2) is 0 Å². The molecule has 1 aromatic carbocycles. The largest absolute Gasteiger partial charge is 0.299 e. The minimum Gasteiger partial charge on any atom is -0.299 e. The Morgan fingerprint density at radius 3 is 2.57 bits per heavy atom. The summed E-state index contributed by atoms with van der Waals surface area (Å²) in [7, 11) is 2.15. The van der Waals surface area contributed by atoms with Crippen LogP contribution in [0.1, 0.15) is 29.3 Å². The van der Waals surface area contributed by atoms with E-state index in [1.165, 1.54) is 11.1 Å². The summed E-state index contributed by atoms with van der Waals surface area (Å²) in [6.07, 6.45) is 8.22. The number of aromatic nitrogens is 1. The summed E-state index contributed by atoms with van der Waals surface area (Å²) in [5.41, 5.74) is 4.62. The predicted molar refractivity (Wildman–Crippen MR) is 88.0 cm³/mol. The molecule has 0 unspecified atom stereocenters. The van der Waals surface area contributed by atoms with Gasteiger partial charge in [0, 0.05) is 36.5 Å². The number of nitrogens with zero attached hydrogens (tertiary/aromatic N) is 2. The number of likely N-dealkylation sites (N-methyl/N-ethyl adjacent to an activating group) is 1. The van der Waals surface area contributed by atoms with Crippen molar-refractivity contribution in [3.8, 4) is 12.3 Å². The van der Waals surface area contributed by atoms with Crippen LogP contribution in [0.5, 0.6) is 0 Å². The first-order chi connectivity index (χ1) is 10.1. The van der Waals surface area contributed by atoms with Gasteiger partial charge in [0.1, 0.15) is 0 Å². The van der Waals surface area contributed by atoms with Gasteiger partial charge in [-0.2, -0.15) is 0 Å². The summed E-state index contributed by atoms with van der Waals surface area (Å²) in [5, 5.41) is 0. The Labute approximate surface area is 127 Å². The minimum atomic E-state index is 0.437. The van der Waals surface area contributed by atoms with Crippen LogP contribution in [-0.4, -0.2) is 23.0 Å². The average molecular weight is 278 g/mol. The van der Waals surface area contributed by atoms with Crippen molar-refractivity contribution in [2.75, 3.05) is 7.05 Å². The molecule has 0 saturated heterocycles. The lowest BCUT2D eigenvalue weighted by Crippen LogP contribution is -2.30. The second-order valence-corrected chi connectivity index (χ2v) is 5.63. The second kappa shape index (κ2) is 7.06. The summed E-state index contributed by atoms with van der Waals surface area (Å²) in [5.74, 6) is 2.65. The molecule has 0 saturated carbocycles. The molecule has 0 amide bonds. The van der Waals surface area contributed by atoms with Crippen LogP contribution in [0, 0.1) is 19.3 Å². The number of rotatable bonds is 5. The highest BCUT2D eigenvalue weighted by Gasteiger charge is 2.11. The van der Waals surface area contributed by atoms with E-state index in [1.54, 1.807) is 0 Å². The third-order valence-corrected chi connectivity index (χ3v) is 3.78. The van der Waals surface area contributed by atoms with Crippen molar-refractivity contribution in [1.82, 2.24) is 9.88 Å². The summed E-state index contributed by atoms with van der Waals surface area (Å²) >= 11 is 0. The van der Waals surface area contributed by atoms with Crippen LogP contribution in [0.4, 0.5) is 0 Å². The van der Waals surface area contributed by atoms with Gasteiger partial charge in [0.25, 0.3) is 0 Å². The summed E-state index contributed by atoms with van der Waals surface area (Å²) in [6, 6.07) is 12.8. The van der Waals surface area contributed by atoms with Crippen LogP contribution in [0.15, 0.2) is 42.6 Å². The zero-order valence-corrected chi connectivity index (χ0v) is 13.0. The van der Waals surface area contributed by atoms with Crippen molar-refractivity contribution in [1.29, 1.82) is 0 Å². The van der Waals surface area contributed by atoms with Crippen molar-refractivity contribution < 1.29 is 0 Å². The first kappa shape index (κ1) is 15.3. The van der Waals surface area contributed by atoms with Crippen LogP contribution in [-0.2, 0) is 13.0 Å². The molecule has 1 heterocycles. The molecule has 0 radical (unpaired) electrons. The van der Waals surface area contributed by atoms with Crippen LogP contribution >= 0.6 is 0 Å². The molecular weight excluding hydrogens is 256 g/mol. The number of terminal acetylenes is 1. The van der Waals surface area contributed by atoms with Gasteiger partial charge in [-0.05, 0) is 56.3 Å². The molecule has 0 aliphatic carbocycles. The van der Waals surface area contributed by atoms with E-state index >= 15 is 0 Å². The Morgan fingerprint density at radius 2 is 1.95 bits per heavy atom. The van der Waals surface area contributed by atoms with Gasteiger partial charge in [-0.15, -0.1) is 6.42 Å². The molecule has 1 aromatic heterocycles. The number of aryl methyl sites for hydroxylation is 1. The number of hydrogen-bond donors (Lipinski definition) is 0. The lowest BCUT2D eigenvalue weighted by molar-refractivity contribution is 0.247. The topological polar surface area (TPSA) is 16.1 Å². The minimum absolute atomic E-state index is 0.437. The molecule has 2 heteroatoms. The normalized spacial score (nSPS) is 12.1. The van der Waals surface area contributed by atoms with Crippen molar-refractivity contribution in [2.45, 2.75) is 32.9 Å². The SMILES string of the molecule is C#Cc1ccc(CN(C)[C@@H](C)Cc2cc(C)ccn2)cc1. The van der Waals surface area contributed by atoms with E-state index < -0.39 is 0 Å². The van der Waals surface area contributed by atoms with Crippen molar-refractivity contribution in [3.63, 3.8) is 0 Å². The molecule has 0 spiro atoms. The van der Waals surface area contributed by atoms with Gasteiger partial charge in [-0.3, -0.25) is 9.88 Å². The van der Waals surface area contributed by atoms with Gasteiger partial charge in [0.05, 0.1) is 0 Å². The Morgan fingerprint density at radius 1 is 1.24 bits per heavy atom. The Balaban J connectivity index is 1.95. The molecule has 2 rings (SSSR count). The molecule has 0 bridgehead atoms. The number of benzene rings is 1. The molecule has 0 fully saturated rings. The highest BCUT2D eigenvalue weighted by atomic mass is 15.1. The highest BCUT2D eigenvalue weighted by Crippen LogP contribution is 2.11. The maximum Gasteiger partial charge on any atom is 0.0421 e. The fourth-order valence-corrected chi connectivity index (χ4v) is 2.32. The molecule has 2 aromatic rings. The maximum absolute atomic E-state index is 5.38. The fourth-order valence-electron chi connectivity index (χ4n) is 2.32. The first-order valence-corrected chi connectivity index (χ1v) is 7.26. The smallest absolute Gasteiger partial charge is 0.0421 e. The number of pyridine rings is 1. The van der Waals surface area contributed by atoms with E-state index in [0.29, 0.717) is 6.04 Å². The highest BCUT2D eigenvalue weighted by molar-refractivity contribution is 5.34. The van der Waals surface area contributed by atoms with Crippen LogP contribution in [0.2, 0.25) is 0 Å². The van der Waals surface area contributed by atoms with Gasteiger partial charge >= 0.3 is 0 Å². The average Bonchev–Trinajstić information content (AvgIpc) is 2.48. The van der Waals surface area contributed by atoms with E-state index in [-0.39, 0.29) is 0 Å². The molecule has 2 nitrogen and oxygen atoms in total. The molecule has 0 N–H and O–H groups in total. The number of hydrogen-bond acceptors (Lipinski definition) is 2. The lowest BCUT2D eigenvalue weighted by atomic mass is 10.1. The first-order valence-electron chi connectivity index (χ1n) is 7.26. The maximum atomic E-state index is 5.38. The fraction of sp³-hybridized carbons (Fsp3) is 0.316. The van der Waals surface area contributed by atoms with Gasteiger partial charge in [-0.1, -0.05) is 18.1 Å². The van der Waals surface area contributed by atoms with Crippen LogP contribution < -0.4 is 0 Å². The Hall–Kier alpha value is -2.11. The van der Waals surface area contributed by atoms with E-state index in [0.717, 1.165) is 24.2 Å². The molecular formula is C19H22N2. The third kappa shape index (κ3) is 4.44. The van der Waals surface area contributed by atoms with Crippen molar-refractivity contribution in [3.05, 3.63) is 65.0 Å². The van der Waals surface area contributed by atoms with E-state index in [9.17, 15) is 0 Å². The Kier molecular flexibility index (Phi) is 5.14. The lowest BCUT2D eigenvalue weighted by Gasteiger charge is -2.24. The van der Waals surface area contributed by atoms with Crippen molar-refractivity contribution >= 4 is 0 Å². The molecule has 0 aliphatic heterocycles. The zero-order valence-electron chi connectivity index (χ0n) is 13.0. The molecule has 0 aliphatic rings. The second-order valence-electron chi connectivity index (χ2n) is 5.63. The Bertz CT molecular complexity index is 623.